The van der Waals surface area contributed by atoms with Gasteiger partial charge >= 0.3 is 0 Å². The van der Waals surface area contributed by atoms with E-state index in [1.54, 1.807) is 24.5 Å². The summed E-state index contributed by atoms with van der Waals surface area (Å²) in [5, 5.41) is 14.7. The number of methoxy groups -OCH3 is 1. The third-order valence-electron chi connectivity index (χ3n) is 5.28. The maximum absolute atomic E-state index is 12.5. The highest BCUT2D eigenvalue weighted by Gasteiger charge is 2.20. The number of anilines is 1. The standard InChI is InChI=1S/C25H26N4O2S2/c1-5-29-24(21-14-32-17(3)23(21)18-11-9-16(2)10-12-18)27-28-25(29)33-15-22(30)26-19-7-6-8-20(13-19)31-4/h6-14H,5,15H2,1-4H3,(H,26,30). The lowest BCUT2D eigenvalue weighted by Crippen LogP contribution is -2.14. The molecule has 0 radical (unpaired) electrons. The van der Waals surface area contributed by atoms with Crippen molar-refractivity contribution in [3.05, 3.63) is 64.4 Å². The summed E-state index contributed by atoms with van der Waals surface area (Å²) in [4.78, 5) is 13.7. The Bertz CT molecular complexity index is 1260. The summed E-state index contributed by atoms with van der Waals surface area (Å²) >= 11 is 3.10. The Hall–Kier alpha value is -3.10. The second-order valence-corrected chi connectivity index (χ2v) is 9.59. The van der Waals surface area contributed by atoms with Crippen molar-refractivity contribution in [2.75, 3.05) is 18.2 Å². The lowest BCUT2D eigenvalue weighted by atomic mass is 10.0. The number of carbonyl (C=O) groups is 1. The quantitative estimate of drug-likeness (QED) is 0.312. The van der Waals surface area contributed by atoms with Crippen LogP contribution in [-0.4, -0.2) is 33.5 Å². The van der Waals surface area contributed by atoms with E-state index >= 15 is 0 Å². The number of amides is 1. The molecular formula is C25H26N4O2S2. The fourth-order valence-corrected chi connectivity index (χ4v) is 5.27. The van der Waals surface area contributed by atoms with E-state index in [1.165, 1.54) is 33.3 Å². The van der Waals surface area contributed by atoms with Gasteiger partial charge in [-0.2, -0.15) is 0 Å². The van der Waals surface area contributed by atoms with Gasteiger partial charge < -0.3 is 14.6 Å². The molecule has 1 N–H and O–H groups in total. The fourth-order valence-electron chi connectivity index (χ4n) is 3.61. The summed E-state index contributed by atoms with van der Waals surface area (Å²) in [6, 6.07) is 15.9. The summed E-state index contributed by atoms with van der Waals surface area (Å²) in [5.74, 6) is 1.66. The SMILES string of the molecule is CCn1c(SCC(=O)Nc2cccc(OC)c2)nnc1-c1csc(C)c1-c1ccc(C)cc1. The molecule has 0 saturated heterocycles. The van der Waals surface area contributed by atoms with Crippen molar-refractivity contribution in [1.29, 1.82) is 0 Å². The highest BCUT2D eigenvalue weighted by atomic mass is 32.2. The molecule has 4 rings (SSSR count). The Morgan fingerprint density at radius 3 is 2.67 bits per heavy atom. The van der Waals surface area contributed by atoms with Crippen molar-refractivity contribution >= 4 is 34.7 Å². The highest BCUT2D eigenvalue weighted by Crippen LogP contribution is 2.39. The smallest absolute Gasteiger partial charge is 0.234 e. The first-order chi connectivity index (χ1) is 16.0. The van der Waals surface area contributed by atoms with E-state index in [2.05, 4.69) is 70.5 Å². The largest absolute Gasteiger partial charge is 0.497 e. The van der Waals surface area contributed by atoms with Gasteiger partial charge in [0.05, 0.1) is 12.9 Å². The van der Waals surface area contributed by atoms with Gasteiger partial charge in [0, 0.05) is 39.7 Å². The predicted octanol–water partition coefficient (Wildman–Crippen LogP) is 6.05. The van der Waals surface area contributed by atoms with Crippen LogP contribution in [0.3, 0.4) is 0 Å². The number of hydrogen-bond acceptors (Lipinski definition) is 6. The van der Waals surface area contributed by atoms with E-state index in [-0.39, 0.29) is 11.7 Å². The molecule has 0 fully saturated rings. The normalized spacial score (nSPS) is 10.9. The first-order valence-corrected chi connectivity index (χ1v) is 12.5. The summed E-state index contributed by atoms with van der Waals surface area (Å²) < 4.78 is 7.28. The van der Waals surface area contributed by atoms with Gasteiger partial charge in [0.15, 0.2) is 11.0 Å². The van der Waals surface area contributed by atoms with Crippen molar-refractivity contribution in [3.8, 4) is 28.3 Å². The topological polar surface area (TPSA) is 69.0 Å². The van der Waals surface area contributed by atoms with Crippen molar-refractivity contribution in [2.24, 2.45) is 0 Å². The van der Waals surface area contributed by atoms with Crippen LogP contribution in [0.25, 0.3) is 22.5 Å². The second kappa shape index (κ2) is 10.2. The number of nitrogens with one attached hydrogen (secondary N) is 1. The molecule has 0 spiro atoms. The number of carbonyl (C=O) groups excluding carboxylic acids is 1. The molecule has 0 atom stereocenters. The number of nitrogens with zero attached hydrogens (tertiary/aromatic N) is 3. The third kappa shape index (κ3) is 5.12. The number of thioether (sulfide) groups is 1. The van der Waals surface area contributed by atoms with Gasteiger partial charge in [-0.05, 0) is 38.5 Å². The Morgan fingerprint density at radius 1 is 1.15 bits per heavy atom. The Kier molecular flexibility index (Phi) is 7.15. The molecule has 1 amide bonds. The molecule has 0 bridgehead atoms. The summed E-state index contributed by atoms with van der Waals surface area (Å²) in [6.07, 6.45) is 0. The van der Waals surface area contributed by atoms with Crippen LogP contribution in [0.4, 0.5) is 5.69 Å². The fraction of sp³-hybridized carbons (Fsp3) is 0.240. The number of ether oxygens (including phenoxy) is 1. The zero-order chi connectivity index (χ0) is 23.4. The number of aryl methyl sites for hydroxylation is 2. The van der Waals surface area contributed by atoms with E-state index in [0.717, 1.165) is 16.5 Å². The molecule has 0 aliphatic rings. The third-order valence-corrected chi connectivity index (χ3v) is 7.15. The Balaban J connectivity index is 1.53. The monoisotopic (exact) mass is 478 g/mol. The van der Waals surface area contributed by atoms with Crippen LogP contribution in [0.1, 0.15) is 17.4 Å². The van der Waals surface area contributed by atoms with E-state index in [4.69, 9.17) is 4.74 Å². The molecular weight excluding hydrogens is 452 g/mol. The Morgan fingerprint density at radius 2 is 1.94 bits per heavy atom. The molecule has 0 unspecified atom stereocenters. The van der Waals surface area contributed by atoms with Crippen LogP contribution < -0.4 is 10.1 Å². The zero-order valence-corrected chi connectivity index (χ0v) is 20.7. The van der Waals surface area contributed by atoms with Gasteiger partial charge in [-0.1, -0.05) is 47.7 Å². The van der Waals surface area contributed by atoms with E-state index < -0.39 is 0 Å². The first-order valence-electron chi connectivity index (χ1n) is 10.7. The second-order valence-electron chi connectivity index (χ2n) is 7.57. The van der Waals surface area contributed by atoms with Gasteiger partial charge in [0.25, 0.3) is 0 Å². The Labute approximate surface area is 202 Å². The number of thiophene rings is 1. The van der Waals surface area contributed by atoms with Crippen LogP contribution in [0, 0.1) is 13.8 Å². The lowest BCUT2D eigenvalue weighted by molar-refractivity contribution is -0.113. The number of rotatable bonds is 8. The average molecular weight is 479 g/mol. The molecule has 2 heterocycles. The number of hydrogen-bond donors (Lipinski definition) is 1. The van der Waals surface area contributed by atoms with Gasteiger partial charge in [-0.15, -0.1) is 21.5 Å². The van der Waals surface area contributed by atoms with Crippen LogP contribution in [-0.2, 0) is 11.3 Å². The average Bonchev–Trinajstić information content (AvgIpc) is 3.41. The zero-order valence-electron chi connectivity index (χ0n) is 19.1. The van der Waals surface area contributed by atoms with Crippen molar-refractivity contribution in [2.45, 2.75) is 32.5 Å². The minimum absolute atomic E-state index is 0.104. The van der Waals surface area contributed by atoms with E-state index in [9.17, 15) is 4.79 Å². The van der Waals surface area contributed by atoms with Gasteiger partial charge in [0.1, 0.15) is 5.75 Å². The molecule has 8 heteroatoms. The number of benzene rings is 2. The molecule has 0 aliphatic heterocycles. The predicted molar refractivity (Wildman–Crippen MR) is 136 cm³/mol. The van der Waals surface area contributed by atoms with Crippen LogP contribution in [0.5, 0.6) is 5.75 Å². The minimum atomic E-state index is -0.104. The lowest BCUT2D eigenvalue weighted by Gasteiger charge is -2.10. The van der Waals surface area contributed by atoms with Gasteiger partial charge in [0.2, 0.25) is 5.91 Å². The maximum Gasteiger partial charge on any atom is 0.234 e. The van der Waals surface area contributed by atoms with Crippen LogP contribution >= 0.6 is 23.1 Å². The van der Waals surface area contributed by atoms with Crippen molar-refractivity contribution < 1.29 is 9.53 Å². The summed E-state index contributed by atoms with van der Waals surface area (Å²) in [7, 11) is 1.60. The maximum atomic E-state index is 12.5. The van der Waals surface area contributed by atoms with Crippen molar-refractivity contribution in [3.63, 3.8) is 0 Å². The molecule has 33 heavy (non-hydrogen) atoms. The highest BCUT2D eigenvalue weighted by molar-refractivity contribution is 7.99. The molecule has 0 saturated carbocycles. The van der Waals surface area contributed by atoms with Gasteiger partial charge in [-0.25, -0.2) is 0 Å². The molecule has 6 nitrogen and oxygen atoms in total. The minimum Gasteiger partial charge on any atom is -0.497 e. The number of aromatic nitrogens is 3. The molecule has 2 aromatic carbocycles. The molecule has 2 aromatic heterocycles. The van der Waals surface area contributed by atoms with Crippen LogP contribution in [0.15, 0.2) is 59.1 Å². The van der Waals surface area contributed by atoms with Crippen LogP contribution in [0.2, 0.25) is 0 Å². The van der Waals surface area contributed by atoms with E-state index in [1.807, 2.05) is 18.2 Å². The first kappa shape index (κ1) is 23.1. The summed E-state index contributed by atoms with van der Waals surface area (Å²) in [6.45, 7) is 7.00. The van der Waals surface area contributed by atoms with Gasteiger partial charge in [-0.3, -0.25) is 4.79 Å². The van der Waals surface area contributed by atoms with Crippen molar-refractivity contribution in [1.82, 2.24) is 14.8 Å². The molecule has 170 valence electrons. The van der Waals surface area contributed by atoms with E-state index in [0.29, 0.717) is 18.0 Å². The molecule has 0 aliphatic carbocycles. The summed E-state index contributed by atoms with van der Waals surface area (Å²) in [5.41, 5.74) is 5.37. The molecule has 4 aromatic rings.